The molecule has 26 heavy (non-hydrogen) atoms. The van der Waals surface area contributed by atoms with Crippen molar-refractivity contribution in [3.63, 3.8) is 0 Å². The van der Waals surface area contributed by atoms with E-state index in [1.165, 1.54) is 10.4 Å². The maximum Gasteiger partial charge on any atom is 0.243 e. The fourth-order valence-corrected chi connectivity index (χ4v) is 5.45. The zero-order valence-electron chi connectivity index (χ0n) is 13.8. The number of hydrogen-bond acceptors (Lipinski definition) is 3. The van der Waals surface area contributed by atoms with Gasteiger partial charge in [-0.2, -0.15) is 4.31 Å². The number of anilines is 1. The number of rotatable bonds is 3. The summed E-state index contributed by atoms with van der Waals surface area (Å²) in [6, 6.07) is 8.23. The van der Waals surface area contributed by atoms with Gasteiger partial charge in [0.1, 0.15) is 0 Å². The first kappa shape index (κ1) is 20.1. The van der Waals surface area contributed by atoms with E-state index in [-0.39, 0.29) is 9.92 Å². The fourth-order valence-electron chi connectivity index (χ4n) is 2.94. The number of halogens is 4. The lowest BCUT2D eigenvalue weighted by atomic mass is 10.2. The zero-order chi connectivity index (χ0) is 19.1. The largest absolute Gasteiger partial charge is 0.368 e. The summed E-state index contributed by atoms with van der Waals surface area (Å²) in [6.07, 6.45) is 0. The van der Waals surface area contributed by atoms with Crippen molar-refractivity contribution in [1.29, 1.82) is 0 Å². The smallest absolute Gasteiger partial charge is 0.243 e. The van der Waals surface area contributed by atoms with Crippen molar-refractivity contribution >= 4 is 62.1 Å². The van der Waals surface area contributed by atoms with E-state index in [1.807, 2.05) is 4.90 Å². The number of piperazine rings is 1. The first-order chi connectivity index (χ1) is 12.2. The fraction of sp³-hybridized carbons (Fsp3) is 0.294. The summed E-state index contributed by atoms with van der Waals surface area (Å²) in [5.74, 6) is 0. The van der Waals surface area contributed by atoms with Crippen LogP contribution >= 0.6 is 46.4 Å². The second-order valence-corrected chi connectivity index (χ2v) is 9.58. The van der Waals surface area contributed by atoms with Crippen molar-refractivity contribution in [3.05, 3.63) is 56.0 Å². The second kappa shape index (κ2) is 7.74. The Morgan fingerprint density at radius 2 is 1.46 bits per heavy atom. The van der Waals surface area contributed by atoms with Crippen LogP contribution in [-0.2, 0) is 10.0 Å². The molecule has 0 unspecified atom stereocenters. The molecule has 0 atom stereocenters. The highest BCUT2D eigenvalue weighted by Gasteiger charge is 2.30. The number of nitrogens with zero attached hydrogens (tertiary/aromatic N) is 2. The van der Waals surface area contributed by atoms with Crippen molar-refractivity contribution in [2.45, 2.75) is 11.8 Å². The molecule has 9 heteroatoms. The van der Waals surface area contributed by atoms with Crippen LogP contribution in [0.15, 0.2) is 35.2 Å². The molecule has 4 nitrogen and oxygen atoms in total. The third kappa shape index (κ3) is 3.93. The molecule has 0 N–H and O–H groups in total. The molecule has 1 aliphatic heterocycles. The Hall–Kier alpha value is -0.690. The molecule has 140 valence electrons. The van der Waals surface area contributed by atoms with Crippen LogP contribution in [0.3, 0.4) is 0 Å². The van der Waals surface area contributed by atoms with E-state index < -0.39 is 10.0 Å². The first-order valence-electron chi connectivity index (χ1n) is 7.86. The average molecular weight is 454 g/mol. The van der Waals surface area contributed by atoms with Crippen molar-refractivity contribution in [2.24, 2.45) is 0 Å². The summed E-state index contributed by atoms with van der Waals surface area (Å²) in [6.45, 7) is 3.41. The lowest BCUT2D eigenvalue weighted by Crippen LogP contribution is -2.48. The molecular weight excluding hydrogens is 438 g/mol. The van der Waals surface area contributed by atoms with E-state index in [0.717, 1.165) is 5.69 Å². The van der Waals surface area contributed by atoms with Crippen LogP contribution in [0.1, 0.15) is 5.56 Å². The van der Waals surface area contributed by atoms with Crippen LogP contribution in [0.25, 0.3) is 0 Å². The quantitative estimate of drug-likeness (QED) is 0.647. The van der Waals surface area contributed by atoms with Gasteiger partial charge < -0.3 is 4.90 Å². The second-order valence-electron chi connectivity index (χ2n) is 6.02. The van der Waals surface area contributed by atoms with Gasteiger partial charge in [-0.3, -0.25) is 0 Å². The Kier molecular flexibility index (Phi) is 5.97. The lowest BCUT2D eigenvalue weighted by Gasteiger charge is -2.36. The Morgan fingerprint density at radius 3 is 2.12 bits per heavy atom. The summed E-state index contributed by atoms with van der Waals surface area (Å²) < 4.78 is 27.4. The molecule has 3 rings (SSSR count). The topological polar surface area (TPSA) is 40.6 Å². The number of hydrogen-bond donors (Lipinski definition) is 0. The molecule has 0 aliphatic carbocycles. The van der Waals surface area contributed by atoms with E-state index in [4.69, 9.17) is 46.4 Å². The van der Waals surface area contributed by atoms with E-state index in [1.54, 1.807) is 31.2 Å². The standard InChI is InChI=1S/C17H16Cl4N2O2S/c1-11-8-14(20)15(21)10-17(11)26(24,25)23-6-4-22(5-7-23)16-9-12(18)2-3-13(16)19/h2-3,8-10H,4-7H2,1H3. The van der Waals surface area contributed by atoms with Crippen LogP contribution in [0.2, 0.25) is 20.1 Å². The van der Waals surface area contributed by atoms with E-state index in [0.29, 0.717) is 46.8 Å². The van der Waals surface area contributed by atoms with Gasteiger partial charge in [-0.05, 0) is 42.8 Å². The van der Waals surface area contributed by atoms with Gasteiger partial charge in [0.15, 0.2) is 0 Å². The van der Waals surface area contributed by atoms with Gasteiger partial charge in [-0.1, -0.05) is 46.4 Å². The van der Waals surface area contributed by atoms with Crippen molar-refractivity contribution in [2.75, 3.05) is 31.1 Å². The van der Waals surface area contributed by atoms with Gasteiger partial charge in [-0.15, -0.1) is 0 Å². The first-order valence-corrected chi connectivity index (χ1v) is 10.8. The molecule has 0 spiro atoms. The highest BCUT2D eigenvalue weighted by Crippen LogP contribution is 2.32. The summed E-state index contributed by atoms with van der Waals surface area (Å²) in [5, 5.41) is 1.74. The van der Waals surface area contributed by atoms with Gasteiger partial charge in [0.05, 0.1) is 25.7 Å². The zero-order valence-corrected chi connectivity index (χ0v) is 17.7. The Morgan fingerprint density at radius 1 is 0.846 bits per heavy atom. The minimum absolute atomic E-state index is 0.182. The van der Waals surface area contributed by atoms with E-state index in [2.05, 4.69) is 0 Å². The molecule has 0 aromatic heterocycles. The monoisotopic (exact) mass is 452 g/mol. The average Bonchev–Trinajstić information content (AvgIpc) is 2.60. The summed E-state index contributed by atoms with van der Waals surface area (Å²) in [4.78, 5) is 2.21. The van der Waals surface area contributed by atoms with Gasteiger partial charge in [-0.25, -0.2) is 8.42 Å². The van der Waals surface area contributed by atoms with E-state index in [9.17, 15) is 8.42 Å². The number of benzene rings is 2. The summed E-state index contributed by atoms with van der Waals surface area (Å²) >= 11 is 24.3. The number of aryl methyl sites for hydroxylation is 1. The predicted octanol–water partition coefficient (Wildman–Crippen LogP) is 5.12. The van der Waals surface area contributed by atoms with Gasteiger partial charge in [0.25, 0.3) is 0 Å². The Bertz CT molecular complexity index is 942. The molecule has 1 fully saturated rings. The molecular formula is C17H16Cl4N2O2S. The summed E-state index contributed by atoms with van der Waals surface area (Å²) in [7, 11) is -3.65. The minimum Gasteiger partial charge on any atom is -0.368 e. The van der Waals surface area contributed by atoms with Crippen molar-refractivity contribution < 1.29 is 8.42 Å². The Balaban J connectivity index is 1.81. The van der Waals surface area contributed by atoms with Gasteiger partial charge in [0, 0.05) is 31.2 Å². The predicted molar refractivity (Wildman–Crippen MR) is 109 cm³/mol. The van der Waals surface area contributed by atoms with E-state index >= 15 is 0 Å². The Labute approximate surface area is 173 Å². The number of sulfonamides is 1. The van der Waals surface area contributed by atoms with Crippen molar-refractivity contribution in [1.82, 2.24) is 4.31 Å². The van der Waals surface area contributed by atoms with Gasteiger partial charge >= 0.3 is 0 Å². The highest BCUT2D eigenvalue weighted by molar-refractivity contribution is 7.89. The van der Waals surface area contributed by atoms with Crippen LogP contribution < -0.4 is 4.90 Å². The van der Waals surface area contributed by atoms with Gasteiger partial charge in [0.2, 0.25) is 10.0 Å². The maximum atomic E-state index is 13.0. The maximum absolute atomic E-state index is 13.0. The van der Waals surface area contributed by atoms with Crippen molar-refractivity contribution in [3.8, 4) is 0 Å². The molecule has 0 saturated carbocycles. The normalized spacial score (nSPS) is 16.1. The lowest BCUT2D eigenvalue weighted by molar-refractivity contribution is 0.384. The molecule has 0 radical (unpaired) electrons. The molecule has 2 aromatic rings. The van der Waals surface area contributed by atoms with Crippen LogP contribution in [-0.4, -0.2) is 38.9 Å². The molecule has 1 saturated heterocycles. The molecule has 0 bridgehead atoms. The highest BCUT2D eigenvalue weighted by atomic mass is 35.5. The minimum atomic E-state index is -3.65. The van der Waals surface area contributed by atoms with Crippen LogP contribution in [0.4, 0.5) is 5.69 Å². The van der Waals surface area contributed by atoms with Crippen LogP contribution in [0, 0.1) is 6.92 Å². The van der Waals surface area contributed by atoms with Crippen LogP contribution in [0.5, 0.6) is 0 Å². The molecule has 1 aliphatic rings. The SMILES string of the molecule is Cc1cc(Cl)c(Cl)cc1S(=O)(=O)N1CCN(c2cc(Cl)ccc2Cl)CC1. The molecule has 1 heterocycles. The third-order valence-corrected chi connectivity index (χ3v) is 7.64. The molecule has 2 aromatic carbocycles. The third-order valence-electron chi connectivity index (χ3n) is 4.32. The summed E-state index contributed by atoms with van der Waals surface area (Å²) in [5.41, 5.74) is 1.38. The molecule has 0 amide bonds.